The van der Waals surface area contributed by atoms with E-state index in [0.717, 1.165) is 17.1 Å². The minimum atomic E-state index is -0.350. The predicted octanol–water partition coefficient (Wildman–Crippen LogP) is 4.16. The summed E-state index contributed by atoms with van der Waals surface area (Å²) in [5.41, 5.74) is 9.76. The molecule has 0 saturated carbocycles. The van der Waals surface area contributed by atoms with Crippen LogP contribution in [0.4, 0.5) is 5.82 Å². The van der Waals surface area contributed by atoms with Crippen LogP contribution < -0.4 is 5.73 Å². The van der Waals surface area contributed by atoms with Gasteiger partial charge in [-0.2, -0.15) is 0 Å². The second-order valence-corrected chi connectivity index (χ2v) is 8.10. The molecule has 156 valence electrons. The van der Waals surface area contributed by atoms with Gasteiger partial charge in [-0.3, -0.25) is 0 Å². The molecule has 31 heavy (non-hydrogen) atoms. The Morgan fingerprint density at radius 2 is 1.71 bits per heavy atom. The summed E-state index contributed by atoms with van der Waals surface area (Å²) in [6.45, 7) is 0.709. The number of aryl methyl sites for hydroxylation is 2. The van der Waals surface area contributed by atoms with Gasteiger partial charge in [0.1, 0.15) is 12.6 Å². The minimum absolute atomic E-state index is 0.350. The average molecular weight is 432 g/mol. The second-order valence-electron chi connectivity index (χ2n) is 7.12. The molecule has 0 spiro atoms. The molecule has 2 aromatic carbocycles. The number of aromatic nitrogens is 4. The van der Waals surface area contributed by atoms with Crippen molar-refractivity contribution >= 4 is 28.7 Å². The molecule has 1 atom stereocenters. The quantitative estimate of drug-likeness (QED) is 0.470. The number of nitrogen functional groups attached to an aromatic ring is 1. The van der Waals surface area contributed by atoms with Crippen LogP contribution in [0.3, 0.4) is 0 Å². The van der Waals surface area contributed by atoms with Crippen molar-refractivity contribution in [1.29, 1.82) is 0 Å². The normalized spacial score (nSPS) is 15.5. The Balaban J connectivity index is 1.35. The van der Waals surface area contributed by atoms with Gasteiger partial charge in [-0.15, -0.1) is 0 Å². The fraction of sp³-hybridized carbons (Fsp3) is 0.174. The van der Waals surface area contributed by atoms with E-state index < -0.39 is 0 Å². The Bertz CT molecular complexity index is 1210. The maximum absolute atomic E-state index is 6.06. The lowest BCUT2D eigenvalue weighted by Gasteiger charge is -2.12. The summed E-state index contributed by atoms with van der Waals surface area (Å²) >= 11 is 1.40. The lowest BCUT2D eigenvalue weighted by Crippen LogP contribution is -2.11. The standard InChI is InChI=1S/C23H21N5O2S/c24-21-20-22(26-15-25-21)28(12-11-16-7-3-1-4-8-16)23(27-20)31-19-14-29-18(30-19)13-17-9-5-2-6-10-17/h1-10,14-15,18H,11-13H2,(H2,24,25,26). The van der Waals surface area contributed by atoms with Crippen LogP contribution in [0.25, 0.3) is 11.2 Å². The molecule has 2 N–H and O–H groups in total. The summed E-state index contributed by atoms with van der Waals surface area (Å²) in [6.07, 6.45) is 4.28. The number of fused-ring (bicyclic) bond motifs is 1. The van der Waals surface area contributed by atoms with E-state index in [0.29, 0.717) is 35.0 Å². The van der Waals surface area contributed by atoms with Crippen LogP contribution in [0.2, 0.25) is 0 Å². The molecule has 7 nitrogen and oxygen atoms in total. The summed E-state index contributed by atoms with van der Waals surface area (Å²) in [6, 6.07) is 20.4. The zero-order chi connectivity index (χ0) is 21.0. The van der Waals surface area contributed by atoms with Crippen molar-refractivity contribution in [1.82, 2.24) is 19.5 Å². The summed E-state index contributed by atoms with van der Waals surface area (Å²) in [7, 11) is 0. The molecule has 3 heterocycles. The van der Waals surface area contributed by atoms with Crippen molar-refractivity contribution in [2.24, 2.45) is 0 Å². The van der Waals surface area contributed by atoms with Crippen molar-refractivity contribution in [2.75, 3.05) is 5.73 Å². The Labute approximate surface area is 183 Å². The maximum atomic E-state index is 6.06. The number of ether oxygens (including phenoxy) is 2. The number of nitrogens with zero attached hydrogens (tertiary/aromatic N) is 4. The second kappa shape index (κ2) is 8.69. The molecular weight excluding hydrogens is 410 g/mol. The molecule has 0 aliphatic carbocycles. The molecule has 0 bridgehead atoms. The first kappa shape index (κ1) is 19.4. The van der Waals surface area contributed by atoms with Crippen molar-refractivity contribution in [2.45, 2.75) is 30.8 Å². The fourth-order valence-electron chi connectivity index (χ4n) is 3.45. The highest BCUT2D eigenvalue weighted by atomic mass is 32.2. The van der Waals surface area contributed by atoms with Gasteiger partial charge in [-0.1, -0.05) is 60.7 Å². The molecule has 5 rings (SSSR count). The Morgan fingerprint density at radius 3 is 2.48 bits per heavy atom. The largest absolute Gasteiger partial charge is 0.458 e. The monoisotopic (exact) mass is 431 g/mol. The summed E-state index contributed by atoms with van der Waals surface area (Å²) in [4.78, 5) is 13.2. The van der Waals surface area contributed by atoms with Gasteiger partial charge in [0.05, 0.1) is 0 Å². The fourth-order valence-corrected chi connectivity index (χ4v) is 4.31. The number of hydrogen-bond donors (Lipinski definition) is 1. The maximum Gasteiger partial charge on any atom is 0.245 e. The first-order chi connectivity index (χ1) is 15.3. The first-order valence-corrected chi connectivity index (χ1v) is 10.8. The molecule has 8 heteroatoms. The number of thioether (sulfide) groups is 1. The zero-order valence-corrected chi connectivity index (χ0v) is 17.5. The predicted molar refractivity (Wildman–Crippen MR) is 120 cm³/mol. The third-order valence-electron chi connectivity index (χ3n) is 4.99. The smallest absolute Gasteiger partial charge is 0.245 e. The number of rotatable bonds is 7. The van der Waals surface area contributed by atoms with Crippen LogP contribution in [0.1, 0.15) is 11.1 Å². The number of benzene rings is 2. The van der Waals surface area contributed by atoms with Crippen molar-refractivity contribution in [3.05, 3.63) is 89.5 Å². The highest BCUT2D eigenvalue weighted by molar-refractivity contribution is 8.02. The Morgan fingerprint density at radius 1 is 0.968 bits per heavy atom. The van der Waals surface area contributed by atoms with Crippen LogP contribution in [0.5, 0.6) is 0 Å². The van der Waals surface area contributed by atoms with E-state index >= 15 is 0 Å². The van der Waals surface area contributed by atoms with Gasteiger partial charge in [0, 0.05) is 13.0 Å². The van der Waals surface area contributed by atoms with Gasteiger partial charge >= 0.3 is 0 Å². The van der Waals surface area contributed by atoms with Crippen LogP contribution in [0.15, 0.2) is 83.5 Å². The van der Waals surface area contributed by atoms with E-state index in [2.05, 4.69) is 38.8 Å². The molecule has 0 amide bonds. The molecule has 1 aliphatic rings. The zero-order valence-electron chi connectivity index (χ0n) is 16.7. The van der Waals surface area contributed by atoms with Gasteiger partial charge in [-0.25, -0.2) is 15.0 Å². The molecular formula is C23H21N5O2S. The minimum Gasteiger partial charge on any atom is -0.458 e. The Kier molecular flexibility index (Phi) is 5.45. The van der Waals surface area contributed by atoms with Crippen molar-refractivity contribution < 1.29 is 9.47 Å². The molecule has 0 fully saturated rings. The molecule has 1 unspecified atom stereocenters. The number of imidazole rings is 1. The summed E-state index contributed by atoms with van der Waals surface area (Å²) < 4.78 is 13.8. The van der Waals surface area contributed by atoms with Gasteiger partial charge in [0.25, 0.3) is 0 Å². The van der Waals surface area contributed by atoms with Crippen molar-refractivity contribution in [3.8, 4) is 0 Å². The molecule has 0 saturated heterocycles. The van der Waals surface area contributed by atoms with Crippen LogP contribution in [-0.2, 0) is 28.9 Å². The molecule has 1 aliphatic heterocycles. The topological polar surface area (TPSA) is 88.1 Å². The van der Waals surface area contributed by atoms with E-state index in [1.165, 1.54) is 23.7 Å². The van der Waals surface area contributed by atoms with Gasteiger partial charge < -0.3 is 19.8 Å². The first-order valence-electron chi connectivity index (χ1n) is 10.0. The highest BCUT2D eigenvalue weighted by Gasteiger charge is 2.24. The number of hydrogen-bond acceptors (Lipinski definition) is 7. The van der Waals surface area contributed by atoms with Crippen molar-refractivity contribution in [3.63, 3.8) is 0 Å². The third-order valence-corrected chi connectivity index (χ3v) is 5.88. The van der Waals surface area contributed by atoms with E-state index in [4.69, 9.17) is 20.2 Å². The molecule has 0 radical (unpaired) electrons. The van der Waals surface area contributed by atoms with E-state index in [1.54, 1.807) is 6.26 Å². The third kappa shape index (κ3) is 4.34. The van der Waals surface area contributed by atoms with E-state index in [1.807, 2.05) is 36.4 Å². The van der Waals surface area contributed by atoms with Gasteiger partial charge in [0.2, 0.25) is 6.29 Å². The number of nitrogens with two attached hydrogens (primary N) is 1. The average Bonchev–Trinajstić information content (AvgIpc) is 3.39. The highest BCUT2D eigenvalue weighted by Crippen LogP contribution is 2.34. The summed E-state index contributed by atoms with van der Waals surface area (Å²) in [5.74, 6) is 0.366. The van der Waals surface area contributed by atoms with Gasteiger partial charge in [-0.05, 0) is 29.3 Å². The lowest BCUT2D eigenvalue weighted by atomic mass is 10.1. The van der Waals surface area contributed by atoms with E-state index in [-0.39, 0.29) is 6.29 Å². The molecule has 2 aromatic heterocycles. The Hall–Kier alpha value is -3.52. The van der Waals surface area contributed by atoms with Gasteiger partial charge in [0.15, 0.2) is 27.2 Å². The lowest BCUT2D eigenvalue weighted by molar-refractivity contribution is -0.0236. The van der Waals surface area contributed by atoms with E-state index in [9.17, 15) is 0 Å². The molecule has 4 aromatic rings. The van der Waals surface area contributed by atoms with Crippen LogP contribution >= 0.6 is 11.8 Å². The number of anilines is 1. The SMILES string of the molecule is Nc1ncnc2c1nc(SC1=COC(Cc3ccccc3)O1)n2CCc1ccccc1. The van der Waals surface area contributed by atoms with Crippen LogP contribution in [-0.4, -0.2) is 25.8 Å². The summed E-state index contributed by atoms with van der Waals surface area (Å²) in [5, 5.41) is 1.40. The van der Waals surface area contributed by atoms with Crippen LogP contribution in [0, 0.1) is 0 Å².